The van der Waals surface area contributed by atoms with Crippen LogP contribution in [0.3, 0.4) is 0 Å². The van der Waals surface area contributed by atoms with Crippen LogP contribution in [0.4, 0.5) is 0 Å². The third-order valence-electron chi connectivity index (χ3n) is 4.06. The highest BCUT2D eigenvalue weighted by Crippen LogP contribution is 2.17. The molecule has 1 amide bonds. The first-order valence-corrected chi connectivity index (χ1v) is 8.23. The van der Waals surface area contributed by atoms with Crippen molar-refractivity contribution < 1.29 is 19.4 Å². The second-order valence-electron chi connectivity index (χ2n) is 5.81. The predicted molar refractivity (Wildman–Crippen MR) is 81.1 cm³/mol. The number of piperidine rings is 1. The van der Waals surface area contributed by atoms with Crippen LogP contribution >= 0.6 is 0 Å². The molecule has 1 rings (SSSR count). The Balaban J connectivity index is 2.00. The zero-order chi connectivity index (χ0) is 15.5. The van der Waals surface area contributed by atoms with Crippen molar-refractivity contribution in [1.29, 1.82) is 0 Å². The van der Waals surface area contributed by atoms with Crippen molar-refractivity contribution in [3.8, 4) is 0 Å². The van der Waals surface area contributed by atoms with Gasteiger partial charge in [0.1, 0.15) is 6.61 Å². The Hall–Kier alpha value is -1.10. The maximum atomic E-state index is 11.9. The quantitative estimate of drug-likeness (QED) is 0.630. The number of unbranched alkanes of at least 4 members (excludes halogenated alkanes) is 5. The molecule has 0 aromatic carbocycles. The first-order chi connectivity index (χ1) is 10.1. The Labute approximate surface area is 127 Å². The summed E-state index contributed by atoms with van der Waals surface area (Å²) in [7, 11) is 0. The molecule has 0 radical (unpaired) electrons. The number of aliphatic carboxylic acids is 1. The second-order valence-corrected chi connectivity index (χ2v) is 5.81. The summed E-state index contributed by atoms with van der Waals surface area (Å²) in [6.45, 7) is 4.05. The number of carboxylic acids is 1. The van der Waals surface area contributed by atoms with Crippen molar-refractivity contribution in [2.45, 2.75) is 58.3 Å². The highest BCUT2D eigenvalue weighted by molar-refractivity contribution is 5.78. The normalized spacial score (nSPS) is 16.1. The van der Waals surface area contributed by atoms with Crippen molar-refractivity contribution in [2.75, 3.05) is 26.3 Å². The van der Waals surface area contributed by atoms with Gasteiger partial charge in [0.25, 0.3) is 0 Å². The summed E-state index contributed by atoms with van der Waals surface area (Å²) in [5.41, 5.74) is 0. The van der Waals surface area contributed by atoms with Gasteiger partial charge >= 0.3 is 5.97 Å². The number of carboxylic acid groups (broad SMARTS) is 1. The van der Waals surface area contributed by atoms with E-state index >= 15 is 0 Å². The van der Waals surface area contributed by atoms with Crippen LogP contribution in [0.15, 0.2) is 0 Å². The third-order valence-corrected chi connectivity index (χ3v) is 4.06. The molecular weight excluding hydrogens is 270 g/mol. The molecule has 21 heavy (non-hydrogen) atoms. The molecule has 1 N–H and O–H groups in total. The fraction of sp³-hybridized carbons (Fsp3) is 0.875. The first-order valence-electron chi connectivity index (χ1n) is 8.23. The van der Waals surface area contributed by atoms with E-state index in [9.17, 15) is 9.59 Å². The average Bonchev–Trinajstić information content (AvgIpc) is 2.49. The van der Waals surface area contributed by atoms with E-state index in [4.69, 9.17) is 9.84 Å². The summed E-state index contributed by atoms with van der Waals surface area (Å²) in [5.74, 6) is -1.05. The maximum Gasteiger partial charge on any atom is 0.306 e. The number of carbonyl (C=O) groups excluding carboxylic acids is 1. The lowest BCUT2D eigenvalue weighted by atomic mass is 9.97. The molecule has 0 atom stereocenters. The molecule has 1 heterocycles. The van der Waals surface area contributed by atoms with E-state index in [-0.39, 0.29) is 18.4 Å². The summed E-state index contributed by atoms with van der Waals surface area (Å²) < 4.78 is 5.42. The number of rotatable bonds is 10. The topological polar surface area (TPSA) is 66.8 Å². The van der Waals surface area contributed by atoms with Crippen LogP contribution in [0.25, 0.3) is 0 Å². The van der Waals surface area contributed by atoms with Crippen LogP contribution in [-0.2, 0) is 14.3 Å². The summed E-state index contributed by atoms with van der Waals surface area (Å²) >= 11 is 0. The zero-order valence-electron chi connectivity index (χ0n) is 13.2. The van der Waals surface area contributed by atoms with Crippen molar-refractivity contribution in [3.63, 3.8) is 0 Å². The third kappa shape index (κ3) is 7.46. The highest BCUT2D eigenvalue weighted by atomic mass is 16.5. The monoisotopic (exact) mass is 299 g/mol. The van der Waals surface area contributed by atoms with Crippen molar-refractivity contribution in [2.24, 2.45) is 5.92 Å². The summed E-state index contributed by atoms with van der Waals surface area (Å²) in [6.07, 6.45) is 8.37. The van der Waals surface area contributed by atoms with Gasteiger partial charge in [0.2, 0.25) is 5.91 Å². The lowest BCUT2D eigenvalue weighted by molar-refractivity contribution is -0.146. The summed E-state index contributed by atoms with van der Waals surface area (Å²) in [4.78, 5) is 24.5. The van der Waals surface area contributed by atoms with E-state index in [0.717, 1.165) is 12.8 Å². The number of amides is 1. The van der Waals surface area contributed by atoms with E-state index in [1.165, 1.54) is 25.7 Å². The predicted octanol–water partition coefficient (Wildman–Crippen LogP) is 2.69. The minimum absolute atomic E-state index is 0.00942. The van der Waals surface area contributed by atoms with Crippen molar-refractivity contribution in [1.82, 2.24) is 4.90 Å². The van der Waals surface area contributed by atoms with Crippen LogP contribution in [-0.4, -0.2) is 48.2 Å². The van der Waals surface area contributed by atoms with E-state index in [1.54, 1.807) is 4.90 Å². The molecular formula is C16H29NO4. The number of carbonyl (C=O) groups is 2. The number of hydrogen-bond acceptors (Lipinski definition) is 3. The second kappa shape index (κ2) is 10.6. The molecule has 1 fully saturated rings. The van der Waals surface area contributed by atoms with Gasteiger partial charge in [-0.3, -0.25) is 9.59 Å². The minimum Gasteiger partial charge on any atom is -0.481 e. The number of hydrogen-bond donors (Lipinski definition) is 1. The molecule has 0 unspecified atom stereocenters. The van der Waals surface area contributed by atoms with Gasteiger partial charge in [-0.05, 0) is 19.3 Å². The lowest BCUT2D eigenvalue weighted by Gasteiger charge is -2.30. The molecule has 5 heteroatoms. The van der Waals surface area contributed by atoms with Gasteiger partial charge in [-0.1, -0.05) is 39.0 Å². The molecule has 0 aromatic rings. The van der Waals surface area contributed by atoms with Crippen molar-refractivity contribution in [3.05, 3.63) is 0 Å². The summed E-state index contributed by atoms with van der Waals surface area (Å²) in [6, 6.07) is 0. The Morgan fingerprint density at radius 3 is 2.33 bits per heavy atom. The van der Waals surface area contributed by atoms with Gasteiger partial charge < -0.3 is 14.7 Å². The summed E-state index contributed by atoms with van der Waals surface area (Å²) in [5, 5.41) is 8.91. The molecule has 5 nitrogen and oxygen atoms in total. The van der Waals surface area contributed by atoms with Crippen LogP contribution in [0.5, 0.6) is 0 Å². The van der Waals surface area contributed by atoms with Gasteiger partial charge in [0, 0.05) is 19.7 Å². The van der Waals surface area contributed by atoms with Gasteiger partial charge in [-0.2, -0.15) is 0 Å². The number of nitrogens with zero attached hydrogens (tertiary/aromatic N) is 1. The van der Waals surface area contributed by atoms with Crippen LogP contribution < -0.4 is 0 Å². The van der Waals surface area contributed by atoms with E-state index in [2.05, 4.69) is 6.92 Å². The van der Waals surface area contributed by atoms with Crippen LogP contribution in [0, 0.1) is 5.92 Å². The molecule has 1 aliphatic heterocycles. The largest absolute Gasteiger partial charge is 0.481 e. The lowest BCUT2D eigenvalue weighted by Crippen LogP contribution is -2.41. The Morgan fingerprint density at radius 2 is 1.71 bits per heavy atom. The molecule has 0 aliphatic carbocycles. The zero-order valence-corrected chi connectivity index (χ0v) is 13.2. The van der Waals surface area contributed by atoms with Gasteiger partial charge in [-0.15, -0.1) is 0 Å². The Kier molecular flexibility index (Phi) is 9.06. The van der Waals surface area contributed by atoms with E-state index in [1.807, 2.05) is 0 Å². The molecule has 0 saturated carbocycles. The minimum atomic E-state index is -0.749. The Morgan fingerprint density at radius 1 is 1.10 bits per heavy atom. The highest BCUT2D eigenvalue weighted by Gasteiger charge is 2.26. The molecule has 0 aromatic heterocycles. The molecule has 1 aliphatic rings. The van der Waals surface area contributed by atoms with Gasteiger partial charge in [0.15, 0.2) is 0 Å². The van der Waals surface area contributed by atoms with Crippen LogP contribution in [0.2, 0.25) is 0 Å². The molecule has 1 saturated heterocycles. The number of ether oxygens (including phenoxy) is 1. The first kappa shape index (κ1) is 18.0. The van der Waals surface area contributed by atoms with Gasteiger partial charge in [-0.25, -0.2) is 0 Å². The number of likely N-dealkylation sites (tertiary alicyclic amines) is 1. The molecule has 122 valence electrons. The molecule has 0 spiro atoms. The SMILES string of the molecule is CCCCCCCCOCC(=O)N1CCC(C(=O)O)CC1. The van der Waals surface area contributed by atoms with E-state index in [0.29, 0.717) is 32.5 Å². The van der Waals surface area contributed by atoms with Crippen molar-refractivity contribution >= 4 is 11.9 Å². The molecule has 0 bridgehead atoms. The average molecular weight is 299 g/mol. The standard InChI is InChI=1S/C16H29NO4/c1-2-3-4-5-6-7-12-21-13-15(18)17-10-8-14(9-11-17)16(19)20/h14H,2-13H2,1H3,(H,19,20). The Bertz CT molecular complexity index is 311. The van der Waals surface area contributed by atoms with E-state index < -0.39 is 5.97 Å². The van der Waals surface area contributed by atoms with Gasteiger partial charge in [0.05, 0.1) is 5.92 Å². The smallest absolute Gasteiger partial charge is 0.306 e. The fourth-order valence-corrected chi connectivity index (χ4v) is 2.61. The fourth-order valence-electron chi connectivity index (χ4n) is 2.61. The van der Waals surface area contributed by atoms with Crippen LogP contribution in [0.1, 0.15) is 58.3 Å². The maximum absolute atomic E-state index is 11.9.